The van der Waals surface area contributed by atoms with Crippen LogP contribution in [0.4, 0.5) is 0 Å². The van der Waals surface area contributed by atoms with E-state index in [0.717, 1.165) is 33.2 Å². The van der Waals surface area contributed by atoms with E-state index in [1.807, 2.05) is 36.4 Å². The topological polar surface area (TPSA) is 0 Å². The Bertz CT molecular complexity index is 504. The smallest absolute Gasteiger partial charge is 0.0484 e. The summed E-state index contributed by atoms with van der Waals surface area (Å²) in [5, 5.41) is 1.59. The normalized spacial score (nSPS) is 10.4. The number of hydrogen-bond donors (Lipinski definition) is 0. The Morgan fingerprint density at radius 1 is 0.938 bits per heavy atom. The molecule has 0 N–H and O–H groups in total. The summed E-state index contributed by atoms with van der Waals surface area (Å²) in [4.78, 5) is 0. The molecule has 2 aromatic carbocycles. The fourth-order valence-corrected chi connectivity index (χ4v) is 2.20. The molecule has 0 bridgehead atoms. The van der Waals surface area contributed by atoms with Crippen LogP contribution in [0.1, 0.15) is 12.5 Å². The van der Waals surface area contributed by atoms with Crippen LogP contribution >= 0.6 is 23.2 Å². The van der Waals surface area contributed by atoms with Gasteiger partial charge in [-0.2, -0.15) is 0 Å². The summed E-state index contributed by atoms with van der Waals surface area (Å²) in [7, 11) is 0. The summed E-state index contributed by atoms with van der Waals surface area (Å²) >= 11 is 12.3. The second kappa shape index (κ2) is 4.90. The van der Waals surface area contributed by atoms with Gasteiger partial charge in [-0.25, -0.2) is 0 Å². The van der Waals surface area contributed by atoms with Gasteiger partial charge in [0.15, 0.2) is 0 Å². The summed E-state index contributed by atoms with van der Waals surface area (Å²) in [6.45, 7) is 2.09. The van der Waals surface area contributed by atoms with Crippen molar-refractivity contribution < 1.29 is 0 Å². The molecule has 0 saturated heterocycles. The van der Waals surface area contributed by atoms with Gasteiger partial charge < -0.3 is 0 Å². The molecule has 0 fully saturated rings. The zero-order valence-electron chi connectivity index (χ0n) is 9.00. The number of halogens is 2. The fourth-order valence-electron chi connectivity index (χ4n) is 1.71. The number of rotatable bonds is 2. The maximum Gasteiger partial charge on any atom is 0.0484 e. The highest BCUT2D eigenvalue weighted by Crippen LogP contribution is 2.30. The van der Waals surface area contributed by atoms with E-state index in [-0.39, 0.29) is 0 Å². The SMILES string of the molecule is CCc1cc(-c2ccccc2Cl)ccc1Cl. The minimum Gasteiger partial charge on any atom is -0.0840 e. The Labute approximate surface area is 106 Å². The second-order valence-electron chi connectivity index (χ2n) is 3.64. The molecule has 2 heteroatoms. The van der Waals surface area contributed by atoms with Crippen LogP contribution in [0.3, 0.4) is 0 Å². The van der Waals surface area contributed by atoms with Gasteiger partial charge in [0.05, 0.1) is 0 Å². The highest BCUT2D eigenvalue weighted by molar-refractivity contribution is 6.33. The third-order valence-corrected chi connectivity index (χ3v) is 3.31. The predicted octanol–water partition coefficient (Wildman–Crippen LogP) is 5.22. The van der Waals surface area contributed by atoms with E-state index in [2.05, 4.69) is 13.0 Å². The van der Waals surface area contributed by atoms with Crippen LogP contribution in [0.25, 0.3) is 11.1 Å². The third kappa shape index (κ3) is 2.23. The van der Waals surface area contributed by atoms with Crippen LogP contribution in [-0.4, -0.2) is 0 Å². The Kier molecular flexibility index (Phi) is 3.52. The zero-order chi connectivity index (χ0) is 11.5. The molecule has 0 unspecified atom stereocenters. The molecule has 0 spiro atoms. The Morgan fingerprint density at radius 3 is 2.38 bits per heavy atom. The van der Waals surface area contributed by atoms with Gasteiger partial charge in [0, 0.05) is 15.6 Å². The van der Waals surface area contributed by atoms with Crippen molar-refractivity contribution in [3.63, 3.8) is 0 Å². The lowest BCUT2D eigenvalue weighted by molar-refractivity contribution is 1.14. The predicted molar refractivity (Wildman–Crippen MR) is 71.3 cm³/mol. The minimum atomic E-state index is 0.770. The maximum atomic E-state index is 6.16. The lowest BCUT2D eigenvalue weighted by atomic mass is 10.0. The van der Waals surface area contributed by atoms with Gasteiger partial charge in [0.25, 0.3) is 0 Å². The van der Waals surface area contributed by atoms with E-state index in [9.17, 15) is 0 Å². The van der Waals surface area contributed by atoms with Gasteiger partial charge in [-0.3, -0.25) is 0 Å². The minimum absolute atomic E-state index is 0.770. The molecule has 0 aliphatic carbocycles. The van der Waals surface area contributed by atoms with Crippen molar-refractivity contribution in [2.24, 2.45) is 0 Å². The van der Waals surface area contributed by atoms with E-state index in [1.54, 1.807) is 0 Å². The summed E-state index contributed by atoms with van der Waals surface area (Å²) in [6.07, 6.45) is 0.928. The molecule has 2 aromatic rings. The van der Waals surface area contributed by atoms with E-state index >= 15 is 0 Å². The molecule has 0 saturated carbocycles. The Balaban J connectivity index is 2.53. The molecule has 82 valence electrons. The monoisotopic (exact) mass is 250 g/mol. The molecule has 0 nitrogen and oxygen atoms in total. The first-order chi connectivity index (χ1) is 7.72. The van der Waals surface area contributed by atoms with Crippen LogP contribution in [0, 0.1) is 0 Å². The van der Waals surface area contributed by atoms with Gasteiger partial charge in [-0.1, -0.05) is 54.4 Å². The summed E-state index contributed by atoms with van der Waals surface area (Å²) in [5.41, 5.74) is 3.32. The molecule has 0 aliphatic heterocycles. The van der Waals surface area contributed by atoms with Crippen LogP contribution in [0.15, 0.2) is 42.5 Å². The lowest BCUT2D eigenvalue weighted by Gasteiger charge is -2.07. The van der Waals surface area contributed by atoms with Crippen molar-refractivity contribution in [2.75, 3.05) is 0 Å². The van der Waals surface area contributed by atoms with Crippen molar-refractivity contribution in [1.82, 2.24) is 0 Å². The first-order valence-corrected chi connectivity index (χ1v) is 6.01. The van der Waals surface area contributed by atoms with Crippen LogP contribution in [0.2, 0.25) is 10.0 Å². The van der Waals surface area contributed by atoms with Gasteiger partial charge in [0.2, 0.25) is 0 Å². The Hall–Kier alpha value is -0.980. The van der Waals surface area contributed by atoms with Crippen LogP contribution in [0.5, 0.6) is 0 Å². The molecular weight excluding hydrogens is 239 g/mol. The summed E-state index contributed by atoms with van der Waals surface area (Å²) < 4.78 is 0. The van der Waals surface area contributed by atoms with Crippen molar-refractivity contribution in [2.45, 2.75) is 13.3 Å². The first kappa shape index (κ1) is 11.5. The van der Waals surface area contributed by atoms with Crippen molar-refractivity contribution in [1.29, 1.82) is 0 Å². The van der Waals surface area contributed by atoms with Crippen LogP contribution < -0.4 is 0 Å². The largest absolute Gasteiger partial charge is 0.0840 e. The molecule has 0 atom stereocenters. The van der Waals surface area contributed by atoms with Crippen molar-refractivity contribution >= 4 is 23.2 Å². The van der Waals surface area contributed by atoms with E-state index in [1.165, 1.54) is 0 Å². The molecule has 0 radical (unpaired) electrons. The molecule has 0 amide bonds. The van der Waals surface area contributed by atoms with E-state index in [4.69, 9.17) is 23.2 Å². The first-order valence-electron chi connectivity index (χ1n) is 5.25. The van der Waals surface area contributed by atoms with Gasteiger partial charge in [-0.15, -0.1) is 0 Å². The standard InChI is InChI=1S/C14H12Cl2/c1-2-10-9-11(7-8-13(10)15)12-5-3-4-6-14(12)16/h3-9H,2H2,1H3. The number of aryl methyl sites for hydroxylation is 1. The van der Waals surface area contributed by atoms with Gasteiger partial charge in [-0.05, 0) is 35.7 Å². The van der Waals surface area contributed by atoms with E-state index < -0.39 is 0 Å². The molecule has 0 aromatic heterocycles. The molecular formula is C14H12Cl2. The lowest BCUT2D eigenvalue weighted by Crippen LogP contribution is -1.85. The zero-order valence-corrected chi connectivity index (χ0v) is 10.5. The van der Waals surface area contributed by atoms with Crippen molar-refractivity contribution in [3.05, 3.63) is 58.1 Å². The highest BCUT2D eigenvalue weighted by Gasteiger charge is 2.05. The quantitative estimate of drug-likeness (QED) is 0.686. The summed E-state index contributed by atoms with van der Waals surface area (Å²) in [6, 6.07) is 13.9. The average molecular weight is 251 g/mol. The Morgan fingerprint density at radius 2 is 1.69 bits per heavy atom. The molecule has 2 rings (SSSR count). The maximum absolute atomic E-state index is 6.16. The van der Waals surface area contributed by atoms with Crippen LogP contribution in [-0.2, 0) is 6.42 Å². The molecule has 0 heterocycles. The van der Waals surface area contributed by atoms with Gasteiger partial charge >= 0.3 is 0 Å². The van der Waals surface area contributed by atoms with E-state index in [0.29, 0.717) is 0 Å². The third-order valence-electron chi connectivity index (χ3n) is 2.61. The summed E-state index contributed by atoms with van der Waals surface area (Å²) in [5.74, 6) is 0. The number of hydrogen-bond acceptors (Lipinski definition) is 0. The van der Waals surface area contributed by atoms with Gasteiger partial charge in [0.1, 0.15) is 0 Å². The number of benzene rings is 2. The highest BCUT2D eigenvalue weighted by atomic mass is 35.5. The second-order valence-corrected chi connectivity index (χ2v) is 4.45. The average Bonchev–Trinajstić information content (AvgIpc) is 2.31. The van der Waals surface area contributed by atoms with Crippen molar-refractivity contribution in [3.8, 4) is 11.1 Å². The molecule has 0 aliphatic rings. The fraction of sp³-hybridized carbons (Fsp3) is 0.143. The molecule has 16 heavy (non-hydrogen) atoms.